The van der Waals surface area contributed by atoms with Gasteiger partial charge in [0.25, 0.3) is 5.56 Å². The van der Waals surface area contributed by atoms with Crippen LogP contribution in [0.25, 0.3) is 11.2 Å². The molecule has 0 aliphatic heterocycles. The largest absolute Gasteiger partial charge is 0.496 e. The molecule has 0 radical (unpaired) electrons. The Hall–Kier alpha value is -3.54. The first-order chi connectivity index (χ1) is 19.2. The topological polar surface area (TPSA) is 161 Å². The van der Waals surface area contributed by atoms with E-state index >= 15 is 0 Å². The van der Waals surface area contributed by atoms with Gasteiger partial charge in [0.1, 0.15) is 12.4 Å². The number of aryl methyl sites for hydroxylation is 1. The molecular formula is C26H29ClN5O7P. The molecule has 1 atom stereocenters. The molecule has 0 saturated carbocycles. The van der Waals surface area contributed by atoms with Gasteiger partial charge >= 0.3 is 7.60 Å². The average Bonchev–Trinajstić information content (AvgIpc) is 3.34. The number of carbonyl (C=O) groups is 1. The number of ketones is 1. The number of halogens is 1. The van der Waals surface area contributed by atoms with Gasteiger partial charge in [-0.25, -0.2) is 4.98 Å². The molecule has 4 aromatic rings. The molecule has 40 heavy (non-hydrogen) atoms. The Morgan fingerprint density at radius 1 is 1.18 bits per heavy atom. The van der Waals surface area contributed by atoms with Crippen molar-refractivity contribution >= 4 is 42.1 Å². The van der Waals surface area contributed by atoms with Crippen LogP contribution in [0.1, 0.15) is 21.5 Å². The molecule has 12 nitrogen and oxygen atoms in total. The van der Waals surface area contributed by atoms with Crippen LogP contribution >= 0.6 is 19.2 Å². The Morgan fingerprint density at radius 2 is 2.00 bits per heavy atom. The monoisotopic (exact) mass is 589 g/mol. The Morgan fingerprint density at radius 3 is 2.77 bits per heavy atom. The van der Waals surface area contributed by atoms with Crippen molar-refractivity contribution in [1.29, 1.82) is 0 Å². The highest BCUT2D eigenvalue weighted by molar-refractivity contribution is 7.53. The molecule has 0 amide bonds. The van der Waals surface area contributed by atoms with Crippen LogP contribution < -0.4 is 16.0 Å². The molecule has 2 heterocycles. The van der Waals surface area contributed by atoms with Crippen molar-refractivity contribution < 1.29 is 27.9 Å². The molecule has 0 bridgehead atoms. The number of nitrogens with zero attached hydrogens (tertiary/aromatic N) is 3. The minimum Gasteiger partial charge on any atom is -0.496 e. The lowest BCUT2D eigenvalue weighted by atomic mass is 10.1. The molecular weight excluding hydrogens is 561 g/mol. The number of carbonyl (C=O) groups excluding carboxylic acids is 1. The third-order valence-electron chi connectivity index (χ3n) is 5.92. The second-order valence-corrected chi connectivity index (χ2v) is 11.4. The fourth-order valence-electron chi connectivity index (χ4n) is 3.78. The summed E-state index contributed by atoms with van der Waals surface area (Å²) in [7, 11) is -2.25. The van der Waals surface area contributed by atoms with Crippen LogP contribution in [-0.2, 0) is 31.5 Å². The Bertz CT molecular complexity index is 1610. The summed E-state index contributed by atoms with van der Waals surface area (Å²) in [6.45, 7) is 1.89. The lowest BCUT2D eigenvalue weighted by molar-refractivity contribution is 0.0885. The van der Waals surface area contributed by atoms with Gasteiger partial charge in [0.2, 0.25) is 5.95 Å². The number of nitrogen functional groups attached to an aromatic ring is 1. The number of H-pyrrole nitrogens is 1. The maximum absolute atomic E-state index is 13.6. The smallest absolute Gasteiger partial charge is 0.333 e. The van der Waals surface area contributed by atoms with Crippen molar-refractivity contribution in [3.8, 4) is 5.75 Å². The lowest BCUT2D eigenvalue weighted by Gasteiger charge is -2.19. The van der Waals surface area contributed by atoms with E-state index in [-0.39, 0.29) is 43.2 Å². The average molecular weight is 590 g/mol. The van der Waals surface area contributed by atoms with Gasteiger partial charge in [0, 0.05) is 17.1 Å². The van der Waals surface area contributed by atoms with Crippen molar-refractivity contribution in [1.82, 2.24) is 19.5 Å². The molecule has 0 aliphatic carbocycles. The first kappa shape index (κ1) is 29.4. The van der Waals surface area contributed by atoms with Crippen LogP contribution in [0.5, 0.6) is 5.75 Å². The minimum absolute atomic E-state index is 0.0160. The summed E-state index contributed by atoms with van der Waals surface area (Å²) in [6, 6.07) is 12.0. The Kier molecular flexibility index (Phi) is 9.72. The predicted octanol–water partition coefficient (Wildman–Crippen LogP) is 4.00. The van der Waals surface area contributed by atoms with E-state index in [4.69, 9.17) is 35.9 Å². The molecule has 212 valence electrons. The Labute approximate surface area is 234 Å². The SMILES string of the molecule is COc1cc(C(=O)COP(=O)(CCOCCn2cnc3c(=O)[nH]c(N)nc32)OCc2cccc(Cl)c2)ccc1C. The molecule has 0 spiro atoms. The summed E-state index contributed by atoms with van der Waals surface area (Å²) < 4.78 is 37.5. The zero-order valence-corrected chi connectivity index (χ0v) is 23.6. The third-order valence-corrected chi connectivity index (χ3v) is 7.93. The van der Waals surface area contributed by atoms with E-state index in [1.807, 2.05) is 6.92 Å². The van der Waals surface area contributed by atoms with E-state index < -0.39 is 19.8 Å². The van der Waals surface area contributed by atoms with E-state index in [1.165, 1.54) is 13.4 Å². The molecule has 3 N–H and O–H groups in total. The number of Topliss-reactive ketones (excluding diaryl/α,β-unsaturated/α-hetero) is 1. The zero-order chi connectivity index (χ0) is 28.7. The molecule has 1 unspecified atom stereocenters. The van der Waals surface area contributed by atoms with E-state index in [0.29, 0.717) is 34.1 Å². The highest BCUT2D eigenvalue weighted by Gasteiger charge is 2.27. The molecule has 14 heteroatoms. The van der Waals surface area contributed by atoms with Gasteiger partial charge in [-0.1, -0.05) is 35.9 Å². The van der Waals surface area contributed by atoms with Crippen molar-refractivity contribution in [3.63, 3.8) is 0 Å². The van der Waals surface area contributed by atoms with Crippen molar-refractivity contribution in [3.05, 3.63) is 80.9 Å². The fourth-order valence-corrected chi connectivity index (χ4v) is 5.33. The van der Waals surface area contributed by atoms with E-state index in [9.17, 15) is 14.2 Å². The fraction of sp³-hybridized carbons (Fsp3) is 0.308. The normalized spacial score (nSPS) is 12.9. The first-order valence-corrected chi connectivity index (χ1v) is 14.4. The van der Waals surface area contributed by atoms with Crippen LogP contribution in [0.4, 0.5) is 5.95 Å². The number of rotatable bonds is 14. The van der Waals surface area contributed by atoms with Crippen molar-refractivity contribution in [2.45, 2.75) is 20.1 Å². The molecule has 2 aromatic carbocycles. The number of anilines is 1. The molecule has 2 aromatic heterocycles. The predicted molar refractivity (Wildman–Crippen MR) is 150 cm³/mol. The van der Waals surface area contributed by atoms with Crippen LogP contribution in [-0.4, -0.2) is 58.4 Å². The minimum atomic E-state index is -3.77. The number of ether oxygens (including phenoxy) is 2. The van der Waals surface area contributed by atoms with Crippen LogP contribution in [0.3, 0.4) is 0 Å². The summed E-state index contributed by atoms with van der Waals surface area (Å²) in [5, 5.41) is 0.508. The number of methoxy groups -OCH3 is 1. The second-order valence-electron chi connectivity index (χ2n) is 8.79. The van der Waals surface area contributed by atoms with E-state index in [1.54, 1.807) is 47.0 Å². The summed E-state index contributed by atoms with van der Waals surface area (Å²) in [4.78, 5) is 35.3. The molecule has 4 rings (SSSR count). The second kappa shape index (κ2) is 13.2. The van der Waals surface area contributed by atoms with Gasteiger partial charge in [-0.2, -0.15) is 4.98 Å². The maximum Gasteiger partial charge on any atom is 0.333 e. The highest BCUT2D eigenvalue weighted by atomic mass is 35.5. The lowest BCUT2D eigenvalue weighted by Crippen LogP contribution is -2.15. The van der Waals surface area contributed by atoms with Crippen molar-refractivity contribution in [2.75, 3.05) is 38.8 Å². The van der Waals surface area contributed by atoms with Crippen LogP contribution in [0, 0.1) is 6.92 Å². The number of aromatic nitrogens is 4. The number of aromatic amines is 1. The van der Waals surface area contributed by atoms with Gasteiger partial charge in [-0.15, -0.1) is 0 Å². The third kappa shape index (κ3) is 7.56. The van der Waals surface area contributed by atoms with Crippen LogP contribution in [0.2, 0.25) is 5.02 Å². The van der Waals surface area contributed by atoms with E-state index in [0.717, 1.165) is 5.56 Å². The molecule has 0 fully saturated rings. The molecule has 0 aliphatic rings. The van der Waals surface area contributed by atoms with Gasteiger partial charge in [-0.3, -0.25) is 19.1 Å². The molecule has 0 saturated heterocycles. The zero-order valence-electron chi connectivity index (χ0n) is 22.0. The highest BCUT2D eigenvalue weighted by Crippen LogP contribution is 2.48. The van der Waals surface area contributed by atoms with E-state index in [2.05, 4.69) is 15.0 Å². The van der Waals surface area contributed by atoms with Gasteiger partial charge in [0.05, 0.1) is 39.4 Å². The number of imidazole rings is 1. The summed E-state index contributed by atoms with van der Waals surface area (Å²) >= 11 is 6.05. The van der Waals surface area contributed by atoms with Gasteiger partial charge in [-0.05, 0) is 36.2 Å². The quantitative estimate of drug-likeness (QED) is 0.125. The maximum atomic E-state index is 13.6. The number of fused-ring (bicyclic) bond motifs is 1. The number of nitrogens with one attached hydrogen (secondary N) is 1. The summed E-state index contributed by atoms with van der Waals surface area (Å²) in [5.41, 5.74) is 7.62. The number of hydrogen-bond acceptors (Lipinski definition) is 10. The summed E-state index contributed by atoms with van der Waals surface area (Å²) in [6.07, 6.45) is 1.36. The van der Waals surface area contributed by atoms with Crippen molar-refractivity contribution in [2.24, 2.45) is 0 Å². The van der Waals surface area contributed by atoms with Gasteiger partial charge < -0.3 is 28.8 Å². The number of hydrogen-bond donors (Lipinski definition) is 2. The Balaban J connectivity index is 1.37. The first-order valence-electron chi connectivity index (χ1n) is 12.3. The summed E-state index contributed by atoms with van der Waals surface area (Å²) in [5.74, 6) is 0.168. The number of nitrogens with two attached hydrogens (primary N) is 1. The standard InChI is InChI=1S/C26H29ClN5O7P/c1-17-6-7-19(13-22(17)36-2)21(33)15-39-40(35,38-14-18-4-3-5-20(27)12-18)11-10-37-9-8-32-16-29-23-24(32)30-26(28)31-25(23)34/h3-7,12-13,16H,8-11,14-15H2,1-2H3,(H3,28,30,31,34). The number of benzene rings is 2. The van der Waals surface area contributed by atoms with Crippen LogP contribution in [0.15, 0.2) is 53.6 Å². The van der Waals surface area contributed by atoms with Gasteiger partial charge in [0.15, 0.2) is 16.9 Å².